The Balaban J connectivity index is 1.54. The molecule has 0 unspecified atom stereocenters. The first-order valence-corrected chi connectivity index (χ1v) is 19.3. The Bertz CT molecular complexity index is 1810. The lowest BCUT2D eigenvalue weighted by atomic mass is 9.64. The van der Waals surface area contributed by atoms with Gasteiger partial charge in [-0.1, -0.05) is 54.4 Å². The van der Waals surface area contributed by atoms with Gasteiger partial charge in [0.05, 0.1) is 32.3 Å². The molecule has 3 aromatic rings. The van der Waals surface area contributed by atoms with E-state index in [1.54, 1.807) is 44.4 Å². The van der Waals surface area contributed by atoms with Crippen molar-refractivity contribution in [1.82, 2.24) is 4.90 Å². The van der Waals surface area contributed by atoms with Crippen molar-refractivity contribution in [3.05, 3.63) is 105 Å². The standard InChI is InChI=1S/C44H55ClFNO7/c1-29-9-7-19-43(2)36(33-16-13-30(23-32(48)15-12-29)24-34(33)39(49)27-35-37(45)10-6-11-38(35)46)18-20-44(43,51)28-47(21-8-22-52-3)42(50)26-31-14-17-40(53-4)41(25-31)54-5/h6,9-11,13-14,16-17,24-25,32,36,48,51H,7-8,12,15,18-23,26-28H2,1-5H3/t32-,36-,43-,44+/m0/s1. The first kappa shape index (κ1) is 41.4. The highest BCUT2D eigenvalue weighted by Gasteiger charge is 2.57. The molecule has 0 aliphatic heterocycles. The van der Waals surface area contributed by atoms with Crippen LogP contribution in [-0.2, 0) is 28.8 Å². The predicted octanol–water partition coefficient (Wildman–Crippen LogP) is 8.07. The third kappa shape index (κ3) is 9.36. The normalized spacial score (nSPS) is 22.9. The van der Waals surface area contributed by atoms with E-state index in [0.717, 1.165) is 23.1 Å². The number of carbonyl (C=O) groups is 2. The molecule has 2 N–H and O–H groups in total. The number of benzene rings is 3. The first-order valence-electron chi connectivity index (χ1n) is 18.9. The van der Waals surface area contributed by atoms with Gasteiger partial charge in [0.2, 0.25) is 5.91 Å². The number of ketones is 1. The minimum Gasteiger partial charge on any atom is -0.493 e. The van der Waals surface area contributed by atoms with Crippen molar-refractivity contribution < 1.29 is 38.4 Å². The zero-order valence-corrected chi connectivity index (χ0v) is 33.0. The highest BCUT2D eigenvalue weighted by atomic mass is 35.5. The van der Waals surface area contributed by atoms with E-state index in [-0.39, 0.29) is 47.6 Å². The Morgan fingerprint density at radius 3 is 2.50 bits per heavy atom. The number of aliphatic hydroxyl groups is 2. The molecular formula is C44H55ClFNO7. The van der Waals surface area contributed by atoms with E-state index in [2.05, 4.69) is 19.9 Å². The second kappa shape index (κ2) is 18.2. The fraction of sp³-hybridized carbons (Fsp3) is 0.500. The highest BCUT2D eigenvalue weighted by Crippen LogP contribution is 2.59. The smallest absolute Gasteiger partial charge is 0.227 e. The van der Waals surface area contributed by atoms with Crippen LogP contribution in [0.25, 0.3) is 0 Å². The van der Waals surface area contributed by atoms with E-state index in [1.807, 2.05) is 24.3 Å². The number of hydrogen-bond donors (Lipinski definition) is 2. The quantitative estimate of drug-likeness (QED) is 0.103. The van der Waals surface area contributed by atoms with Crippen molar-refractivity contribution in [2.45, 2.75) is 95.7 Å². The molecule has 8 nitrogen and oxygen atoms in total. The molecule has 0 aromatic heterocycles. The van der Waals surface area contributed by atoms with Crippen LogP contribution in [0.3, 0.4) is 0 Å². The number of halogens is 2. The number of methoxy groups -OCH3 is 3. The van der Waals surface area contributed by atoms with Crippen LogP contribution in [-0.4, -0.2) is 79.5 Å². The Hall–Kier alpha value is -3.76. The average Bonchev–Trinajstić information content (AvgIpc) is 3.40. The van der Waals surface area contributed by atoms with E-state index < -0.39 is 22.9 Å². The van der Waals surface area contributed by atoms with Gasteiger partial charge in [0.25, 0.3) is 0 Å². The number of allylic oxidation sites excluding steroid dienone is 2. The van der Waals surface area contributed by atoms with Crippen LogP contribution in [0, 0.1) is 11.2 Å². The molecule has 4 atom stereocenters. The Kier molecular flexibility index (Phi) is 14.0. The number of aliphatic hydroxyl groups excluding tert-OH is 1. The van der Waals surface area contributed by atoms with Gasteiger partial charge in [0.15, 0.2) is 17.3 Å². The molecule has 3 aromatic carbocycles. The van der Waals surface area contributed by atoms with Gasteiger partial charge < -0.3 is 29.3 Å². The van der Waals surface area contributed by atoms with Crippen molar-refractivity contribution in [2.24, 2.45) is 5.41 Å². The third-order valence-corrected chi connectivity index (χ3v) is 12.1. The predicted molar refractivity (Wildman–Crippen MR) is 209 cm³/mol. The maximum Gasteiger partial charge on any atom is 0.227 e. The number of hydrogen-bond acceptors (Lipinski definition) is 7. The fourth-order valence-electron chi connectivity index (χ4n) is 8.48. The van der Waals surface area contributed by atoms with Crippen LogP contribution in [0.2, 0.25) is 5.02 Å². The van der Waals surface area contributed by atoms with Gasteiger partial charge >= 0.3 is 0 Å². The molecule has 0 heterocycles. The second-order valence-electron chi connectivity index (χ2n) is 15.3. The summed E-state index contributed by atoms with van der Waals surface area (Å²) < 4.78 is 31.2. The van der Waals surface area contributed by atoms with Gasteiger partial charge in [-0.25, -0.2) is 4.39 Å². The molecule has 1 saturated carbocycles. The van der Waals surface area contributed by atoms with Crippen molar-refractivity contribution in [3.8, 4) is 11.5 Å². The summed E-state index contributed by atoms with van der Waals surface area (Å²) in [7, 11) is 4.75. The van der Waals surface area contributed by atoms with Gasteiger partial charge in [-0.2, -0.15) is 0 Å². The Morgan fingerprint density at radius 1 is 1.00 bits per heavy atom. The molecule has 2 bridgehead atoms. The second-order valence-corrected chi connectivity index (χ2v) is 15.7. The summed E-state index contributed by atoms with van der Waals surface area (Å²) in [6.45, 7) is 5.12. The molecule has 10 heteroatoms. The lowest BCUT2D eigenvalue weighted by molar-refractivity contribution is -0.139. The summed E-state index contributed by atoms with van der Waals surface area (Å²) in [6, 6.07) is 15.6. The number of amides is 1. The van der Waals surface area contributed by atoms with Gasteiger partial charge in [-0.3, -0.25) is 9.59 Å². The topological polar surface area (TPSA) is 106 Å². The molecule has 0 saturated heterocycles. The number of Topliss-reactive ketones (excluding diaryl/α,β-unsaturated/α-hetero) is 1. The molecule has 54 heavy (non-hydrogen) atoms. The van der Waals surface area contributed by atoms with Crippen molar-refractivity contribution in [1.29, 1.82) is 0 Å². The van der Waals surface area contributed by atoms with E-state index in [0.29, 0.717) is 75.2 Å². The zero-order valence-electron chi connectivity index (χ0n) is 32.3. The maximum absolute atomic E-state index is 15.0. The number of fused-ring (bicyclic) bond motifs is 8. The molecule has 292 valence electrons. The van der Waals surface area contributed by atoms with E-state index in [4.69, 9.17) is 25.8 Å². The summed E-state index contributed by atoms with van der Waals surface area (Å²) in [5, 5.41) is 24.1. The van der Waals surface area contributed by atoms with E-state index >= 15 is 0 Å². The fourth-order valence-corrected chi connectivity index (χ4v) is 8.71. The van der Waals surface area contributed by atoms with Crippen molar-refractivity contribution >= 4 is 23.3 Å². The summed E-state index contributed by atoms with van der Waals surface area (Å²) in [5.41, 5.74) is 2.05. The molecule has 0 spiro atoms. The van der Waals surface area contributed by atoms with Crippen LogP contribution in [0.1, 0.15) is 97.3 Å². The van der Waals surface area contributed by atoms with Crippen LogP contribution < -0.4 is 9.47 Å². The maximum atomic E-state index is 15.0. The molecular weight excluding hydrogens is 709 g/mol. The van der Waals surface area contributed by atoms with E-state index in [9.17, 15) is 24.2 Å². The van der Waals surface area contributed by atoms with Gasteiger partial charge in [0.1, 0.15) is 5.82 Å². The largest absolute Gasteiger partial charge is 0.493 e. The Morgan fingerprint density at radius 2 is 1.78 bits per heavy atom. The minimum atomic E-state index is -1.30. The van der Waals surface area contributed by atoms with Gasteiger partial charge in [0, 0.05) is 54.8 Å². The average molecular weight is 764 g/mol. The minimum absolute atomic E-state index is 0.107. The summed E-state index contributed by atoms with van der Waals surface area (Å²) in [5.74, 6) is -0.0994. The summed E-state index contributed by atoms with van der Waals surface area (Å²) in [4.78, 5) is 30.2. The van der Waals surface area contributed by atoms with Crippen LogP contribution in [0.4, 0.5) is 4.39 Å². The van der Waals surface area contributed by atoms with Crippen LogP contribution >= 0.6 is 11.6 Å². The van der Waals surface area contributed by atoms with E-state index in [1.165, 1.54) is 17.7 Å². The first-order chi connectivity index (χ1) is 25.8. The summed E-state index contributed by atoms with van der Waals surface area (Å²) >= 11 is 6.39. The Labute approximate surface area is 324 Å². The van der Waals surface area contributed by atoms with Crippen LogP contribution in [0.5, 0.6) is 11.5 Å². The highest BCUT2D eigenvalue weighted by molar-refractivity contribution is 6.31. The lowest BCUT2D eigenvalue weighted by Crippen LogP contribution is -2.54. The van der Waals surface area contributed by atoms with Gasteiger partial charge in [-0.15, -0.1) is 0 Å². The lowest BCUT2D eigenvalue weighted by Gasteiger charge is -2.46. The third-order valence-electron chi connectivity index (χ3n) is 11.8. The van der Waals surface area contributed by atoms with Crippen molar-refractivity contribution in [3.63, 3.8) is 0 Å². The number of ether oxygens (including phenoxy) is 3. The summed E-state index contributed by atoms with van der Waals surface area (Å²) in [6.07, 6.45) is 6.00. The molecule has 1 fully saturated rings. The zero-order chi connectivity index (χ0) is 39.0. The van der Waals surface area contributed by atoms with Crippen molar-refractivity contribution in [2.75, 3.05) is 41.0 Å². The molecule has 3 aliphatic rings. The number of nitrogens with zero attached hydrogens (tertiary/aromatic N) is 1. The monoisotopic (exact) mass is 763 g/mol. The molecule has 0 radical (unpaired) electrons. The molecule has 1 amide bonds. The van der Waals surface area contributed by atoms with Crippen LogP contribution in [0.15, 0.2) is 66.2 Å². The molecule has 3 aliphatic carbocycles. The SMILES string of the molecule is COCCCN(C[C@]1(O)CC[C@H]2c3ccc(cc3C(=O)Cc3c(F)cccc3Cl)C[C@@H](O)CCC(C)=CCC[C@@]21C)C(=O)Cc1ccc(OC)c(OC)c1. The number of rotatable bonds is 13. The number of carbonyl (C=O) groups excluding carboxylic acids is 2. The molecule has 6 rings (SSSR count). The van der Waals surface area contributed by atoms with Gasteiger partial charge in [-0.05, 0) is 111 Å².